The second kappa shape index (κ2) is 3.45. The summed E-state index contributed by atoms with van der Waals surface area (Å²) in [4.78, 5) is 0. The molecule has 0 spiro atoms. The van der Waals surface area contributed by atoms with E-state index in [1.54, 1.807) is 0 Å². The van der Waals surface area contributed by atoms with E-state index in [2.05, 4.69) is 35.5 Å². The highest BCUT2D eigenvalue weighted by atomic mass is 27.1. The molecule has 0 amide bonds. The minimum absolute atomic E-state index is 0.0664. The standard InChI is InChI=1S/C8H18N2.Al.H/c1-5-9-6-7-10-8(2,3)4;;/h5-7H2,1-4H3;;/q-2;+2;. The molecule has 64 valence electrons. The zero-order valence-corrected chi connectivity index (χ0v) is 9.64. The van der Waals surface area contributed by atoms with E-state index in [0.717, 1.165) is 0 Å². The second-order valence-corrected chi connectivity index (χ2v) is 6.23. The van der Waals surface area contributed by atoms with Crippen molar-refractivity contribution >= 4 is 15.7 Å². The Hall–Kier alpha value is 0.452. The zero-order chi connectivity index (χ0) is 8.48. The van der Waals surface area contributed by atoms with E-state index in [9.17, 15) is 0 Å². The van der Waals surface area contributed by atoms with E-state index in [4.69, 9.17) is 0 Å². The summed E-state index contributed by atoms with van der Waals surface area (Å²) >= 11 is -0.0664. The van der Waals surface area contributed by atoms with Gasteiger partial charge in [-0.15, -0.1) is 0 Å². The topological polar surface area (TPSA) is 6.48 Å². The van der Waals surface area contributed by atoms with Gasteiger partial charge in [0.15, 0.2) is 0 Å². The van der Waals surface area contributed by atoms with Crippen LogP contribution in [0.25, 0.3) is 0 Å². The highest BCUT2D eigenvalue weighted by Gasteiger charge is 2.29. The molecular weight excluding hydrogens is 151 g/mol. The Kier molecular flexibility index (Phi) is 2.99. The van der Waals surface area contributed by atoms with Gasteiger partial charge in [-0.05, 0) is 45.9 Å². The fourth-order valence-electron chi connectivity index (χ4n) is 1.45. The molecule has 11 heavy (non-hydrogen) atoms. The van der Waals surface area contributed by atoms with Crippen molar-refractivity contribution in [1.82, 2.24) is 7.77 Å². The van der Waals surface area contributed by atoms with Crippen LogP contribution in [-0.2, 0) is 0 Å². The highest BCUT2D eigenvalue weighted by molar-refractivity contribution is 6.29. The van der Waals surface area contributed by atoms with Gasteiger partial charge in [-0.1, -0.05) is 6.92 Å². The van der Waals surface area contributed by atoms with Crippen LogP contribution in [0.1, 0.15) is 27.7 Å². The van der Waals surface area contributed by atoms with Crippen molar-refractivity contribution in [3.63, 3.8) is 0 Å². The molecular formula is C8H19AlN2. The Morgan fingerprint density at radius 1 is 1.27 bits per heavy atom. The van der Waals surface area contributed by atoms with E-state index in [-0.39, 0.29) is 15.7 Å². The predicted molar refractivity (Wildman–Crippen MR) is 50.9 cm³/mol. The molecule has 0 atom stereocenters. The summed E-state index contributed by atoms with van der Waals surface area (Å²) in [6.45, 7) is 13.1. The lowest BCUT2D eigenvalue weighted by molar-refractivity contribution is 0.276. The molecule has 1 aliphatic heterocycles. The van der Waals surface area contributed by atoms with Crippen molar-refractivity contribution in [2.24, 2.45) is 0 Å². The van der Waals surface area contributed by atoms with Gasteiger partial charge in [0.25, 0.3) is 0 Å². The average Bonchev–Trinajstić information content (AvgIpc) is 2.32. The fraction of sp³-hybridized carbons (Fsp3) is 1.00. The summed E-state index contributed by atoms with van der Waals surface area (Å²) < 4.78 is 5.28. The molecule has 1 fully saturated rings. The Morgan fingerprint density at radius 2 is 1.91 bits per heavy atom. The van der Waals surface area contributed by atoms with Gasteiger partial charge in [0.1, 0.15) is 0 Å². The highest BCUT2D eigenvalue weighted by Crippen LogP contribution is 2.15. The minimum Gasteiger partial charge on any atom is -0.373 e. The predicted octanol–water partition coefficient (Wildman–Crippen LogP) is 0.689. The van der Waals surface area contributed by atoms with Crippen LogP contribution < -0.4 is 0 Å². The van der Waals surface area contributed by atoms with Gasteiger partial charge in [0, 0.05) is 0 Å². The average molecular weight is 170 g/mol. The van der Waals surface area contributed by atoms with Crippen molar-refractivity contribution in [2.45, 2.75) is 33.2 Å². The molecule has 0 radical (unpaired) electrons. The van der Waals surface area contributed by atoms with Crippen LogP contribution >= 0.6 is 0 Å². The molecule has 0 unspecified atom stereocenters. The van der Waals surface area contributed by atoms with E-state index < -0.39 is 0 Å². The SMILES string of the molecule is CC[N]1CC[N](C(C)(C)C)[AlH]1. The lowest BCUT2D eigenvalue weighted by atomic mass is 10.1. The quantitative estimate of drug-likeness (QED) is 0.534. The molecule has 1 aliphatic rings. The van der Waals surface area contributed by atoms with Crippen LogP contribution in [0.15, 0.2) is 0 Å². The Bertz CT molecular complexity index is 131. The molecule has 1 heterocycles. The van der Waals surface area contributed by atoms with Crippen LogP contribution in [-0.4, -0.2) is 48.6 Å². The van der Waals surface area contributed by atoms with Gasteiger partial charge in [0.05, 0.1) is 0 Å². The summed E-state index contributed by atoms with van der Waals surface area (Å²) in [6, 6.07) is 0. The van der Waals surface area contributed by atoms with Crippen LogP contribution in [0.4, 0.5) is 0 Å². The smallest absolute Gasteiger partial charge is 0.373 e. The monoisotopic (exact) mass is 170 g/mol. The van der Waals surface area contributed by atoms with E-state index in [0.29, 0.717) is 5.54 Å². The number of hydrogen-bond acceptors (Lipinski definition) is 2. The van der Waals surface area contributed by atoms with Gasteiger partial charge >= 0.3 is 15.7 Å². The first-order valence-electron chi connectivity index (χ1n) is 4.51. The maximum absolute atomic E-state index is 2.66. The molecule has 0 aromatic carbocycles. The van der Waals surface area contributed by atoms with E-state index in [1.807, 2.05) is 0 Å². The molecule has 0 saturated carbocycles. The van der Waals surface area contributed by atoms with Gasteiger partial charge in [-0.3, -0.25) is 0 Å². The Morgan fingerprint density at radius 3 is 2.18 bits per heavy atom. The van der Waals surface area contributed by atoms with E-state index in [1.165, 1.54) is 19.6 Å². The van der Waals surface area contributed by atoms with Crippen molar-refractivity contribution in [2.75, 3.05) is 19.6 Å². The van der Waals surface area contributed by atoms with Gasteiger partial charge in [0.2, 0.25) is 0 Å². The summed E-state index contributed by atoms with van der Waals surface area (Å²) in [5, 5.41) is 0. The zero-order valence-electron chi connectivity index (χ0n) is 8.22. The molecule has 0 aromatic rings. The van der Waals surface area contributed by atoms with Crippen molar-refractivity contribution in [3.8, 4) is 0 Å². The first-order chi connectivity index (χ1) is 5.04. The third kappa shape index (κ3) is 2.45. The van der Waals surface area contributed by atoms with Crippen molar-refractivity contribution in [1.29, 1.82) is 0 Å². The lowest BCUT2D eigenvalue weighted by Gasteiger charge is -2.31. The Labute approximate surface area is 76.7 Å². The van der Waals surface area contributed by atoms with Crippen LogP contribution in [0.5, 0.6) is 0 Å². The van der Waals surface area contributed by atoms with Crippen LogP contribution in [0.2, 0.25) is 0 Å². The molecule has 0 aromatic heterocycles. The molecule has 2 nitrogen and oxygen atoms in total. The number of hydrogen-bond donors (Lipinski definition) is 0. The van der Waals surface area contributed by atoms with Gasteiger partial charge in [-0.25, -0.2) is 0 Å². The van der Waals surface area contributed by atoms with Crippen LogP contribution in [0.3, 0.4) is 0 Å². The summed E-state index contributed by atoms with van der Waals surface area (Å²) in [5.74, 6) is 0. The van der Waals surface area contributed by atoms with Crippen molar-refractivity contribution < 1.29 is 0 Å². The van der Waals surface area contributed by atoms with Gasteiger partial charge < -0.3 is 7.77 Å². The first kappa shape index (κ1) is 9.54. The van der Waals surface area contributed by atoms with E-state index >= 15 is 0 Å². The largest absolute Gasteiger partial charge is 0.463 e. The summed E-state index contributed by atoms with van der Waals surface area (Å²) in [7, 11) is 0. The third-order valence-corrected chi connectivity index (χ3v) is 5.22. The second-order valence-electron chi connectivity index (χ2n) is 4.29. The number of likely N-dealkylation sites (N-methyl/N-ethyl adjacent to an activating group) is 1. The fourth-order valence-corrected chi connectivity index (χ4v) is 3.12. The summed E-state index contributed by atoms with van der Waals surface area (Å²) in [5.41, 5.74) is 0.413. The Balaban J connectivity index is 2.42. The molecule has 1 rings (SSSR count). The molecule has 0 N–H and O–H groups in total. The maximum Gasteiger partial charge on any atom is 0.463 e. The summed E-state index contributed by atoms with van der Waals surface area (Å²) in [6.07, 6.45) is 0. The number of rotatable bonds is 1. The number of nitrogens with zero attached hydrogens (tertiary/aromatic N) is 2. The van der Waals surface area contributed by atoms with Gasteiger partial charge in [-0.2, -0.15) is 0 Å². The first-order valence-corrected chi connectivity index (χ1v) is 5.78. The molecule has 0 bridgehead atoms. The molecule has 0 aliphatic carbocycles. The van der Waals surface area contributed by atoms with Crippen LogP contribution in [0, 0.1) is 0 Å². The molecule has 3 heteroatoms. The normalized spacial score (nSPS) is 22.2. The third-order valence-electron chi connectivity index (χ3n) is 2.45. The minimum atomic E-state index is -0.0664. The van der Waals surface area contributed by atoms with Crippen molar-refractivity contribution in [3.05, 3.63) is 0 Å². The maximum atomic E-state index is 2.66. The lowest BCUT2D eigenvalue weighted by Crippen LogP contribution is -2.43. The molecule has 1 saturated heterocycles.